The van der Waals surface area contributed by atoms with E-state index in [1.165, 1.54) is 0 Å². The van der Waals surface area contributed by atoms with E-state index in [9.17, 15) is 9.59 Å². The summed E-state index contributed by atoms with van der Waals surface area (Å²) in [7, 11) is 0. The van der Waals surface area contributed by atoms with E-state index >= 15 is 0 Å². The first kappa shape index (κ1) is 16.9. The molecule has 0 aromatic heterocycles. The molecule has 6 nitrogen and oxygen atoms in total. The molecule has 0 aliphatic carbocycles. The van der Waals surface area contributed by atoms with Gasteiger partial charge in [-0.2, -0.15) is 0 Å². The fraction of sp³-hybridized carbons (Fsp3) is 0.556. The molecule has 2 aliphatic heterocycles. The van der Waals surface area contributed by atoms with E-state index in [-0.39, 0.29) is 17.9 Å². The highest BCUT2D eigenvalue weighted by Crippen LogP contribution is 2.37. The lowest BCUT2D eigenvalue weighted by molar-refractivity contribution is -0.169. The van der Waals surface area contributed by atoms with E-state index in [2.05, 4.69) is 5.32 Å². The minimum atomic E-state index is -0.728. The molecule has 2 fully saturated rings. The summed E-state index contributed by atoms with van der Waals surface area (Å²) in [5.41, 5.74) is 1.01. The number of rotatable bonds is 4. The van der Waals surface area contributed by atoms with Crippen molar-refractivity contribution in [1.82, 2.24) is 10.2 Å². The van der Waals surface area contributed by atoms with Gasteiger partial charge in [-0.05, 0) is 19.4 Å². The molecule has 6 heteroatoms. The zero-order valence-corrected chi connectivity index (χ0v) is 14.3. The monoisotopic (exact) mass is 332 g/mol. The average molecular weight is 332 g/mol. The van der Waals surface area contributed by atoms with E-state index in [1.807, 2.05) is 44.2 Å². The molecule has 130 valence electrons. The second-order valence-electron chi connectivity index (χ2n) is 6.69. The fourth-order valence-corrected chi connectivity index (χ4v) is 3.40. The molecule has 2 amide bonds. The van der Waals surface area contributed by atoms with Gasteiger partial charge in [0, 0.05) is 13.0 Å². The van der Waals surface area contributed by atoms with Crippen LogP contribution < -0.4 is 5.32 Å². The van der Waals surface area contributed by atoms with Gasteiger partial charge >= 0.3 is 0 Å². The summed E-state index contributed by atoms with van der Waals surface area (Å²) < 4.78 is 11.8. The molecule has 2 heterocycles. The van der Waals surface area contributed by atoms with Gasteiger partial charge in [0.25, 0.3) is 0 Å². The van der Waals surface area contributed by atoms with E-state index in [4.69, 9.17) is 9.47 Å². The van der Waals surface area contributed by atoms with Crippen LogP contribution in [-0.4, -0.2) is 47.3 Å². The van der Waals surface area contributed by atoms with Crippen molar-refractivity contribution in [3.63, 3.8) is 0 Å². The Morgan fingerprint density at radius 2 is 1.96 bits per heavy atom. The number of ether oxygens (including phenoxy) is 2. The molecule has 0 spiro atoms. The lowest BCUT2D eigenvalue weighted by Gasteiger charge is -2.28. The molecular formula is C18H24N2O4. The molecule has 1 aromatic rings. The molecule has 0 bridgehead atoms. The largest absolute Gasteiger partial charge is 0.350 e. The second kappa shape index (κ2) is 6.53. The van der Waals surface area contributed by atoms with Crippen LogP contribution in [0.25, 0.3) is 0 Å². The van der Waals surface area contributed by atoms with Crippen LogP contribution in [0.5, 0.6) is 0 Å². The number of hydrogen-bond acceptors (Lipinski definition) is 4. The van der Waals surface area contributed by atoms with Crippen LogP contribution >= 0.6 is 0 Å². The Kier molecular flexibility index (Phi) is 4.60. The summed E-state index contributed by atoms with van der Waals surface area (Å²) >= 11 is 0. The lowest BCUT2D eigenvalue weighted by Crippen LogP contribution is -2.51. The van der Waals surface area contributed by atoms with Gasteiger partial charge in [0.2, 0.25) is 11.8 Å². The number of hydrogen-bond donors (Lipinski definition) is 1. The van der Waals surface area contributed by atoms with E-state index < -0.39 is 17.9 Å². The number of carbonyl (C=O) groups excluding carboxylic acids is 2. The second-order valence-corrected chi connectivity index (χ2v) is 6.69. The third-order valence-corrected chi connectivity index (χ3v) is 4.45. The minimum absolute atomic E-state index is 0.0609. The molecule has 1 N–H and O–H groups in total. The van der Waals surface area contributed by atoms with Crippen molar-refractivity contribution in [3.05, 3.63) is 35.9 Å². The van der Waals surface area contributed by atoms with Gasteiger partial charge in [-0.1, -0.05) is 37.3 Å². The van der Waals surface area contributed by atoms with Gasteiger partial charge in [-0.15, -0.1) is 0 Å². The van der Waals surface area contributed by atoms with E-state index in [1.54, 1.807) is 11.8 Å². The first-order valence-electron chi connectivity index (χ1n) is 8.38. The van der Waals surface area contributed by atoms with Crippen LogP contribution in [0.15, 0.2) is 30.3 Å². The summed E-state index contributed by atoms with van der Waals surface area (Å²) in [6.45, 7) is 6.27. The van der Waals surface area contributed by atoms with Crippen LogP contribution in [0.2, 0.25) is 0 Å². The van der Waals surface area contributed by atoms with E-state index in [0.717, 1.165) is 5.56 Å². The predicted octanol–water partition coefficient (Wildman–Crippen LogP) is 1.44. The summed E-state index contributed by atoms with van der Waals surface area (Å²) in [6, 6.07) is 9.04. The number of nitrogens with one attached hydrogen (secondary N) is 1. The minimum Gasteiger partial charge on any atom is -0.350 e. The highest BCUT2D eigenvalue weighted by Gasteiger charge is 2.56. The number of likely N-dealkylation sites (tertiary alicyclic amines) is 1. The molecule has 0 radical (unpaired) electrons. The Bertz CT molecular complexity index is 617. The highest BCUT2D eigenvalue weighted by molar-refractivity contribution is 5.89. The summed E-state index contributed by atoms with van der Waals surface area (Å²) in [6.07, 6.45) is -0.333. The third-order valence-electron chi connectivity index (χ3n) is 4.45. The normalized spacial score (nSPS) is 27.8. The van der Waals surface area contributed by atoms with Gasteiger partial charge in [0.15, 0.2) is 5.79 Å². The predicted molar refractivity (Wildman–Crippen MR) is 87.9 cm³/mol. The average Bonchev–Trinajstić information content (AvgIpc) is 3.04. The van der Waals surface area contributed by atoms with Crippen LogP contribution in [0.1, 0.15) is 32.8 Å². The SMILES string of the molecule is CCC(=O)N1C[C@H]2OC(C)(C)O[C@H]2[C@@H]1C(=O)NCc1ccccc1. The summed E-state index contributed by atoms with van der Waals surface area (Å²) in [4.78, 5) is 26.6. The Hall–Kier alpha value is -1.92. The Morgan fingerprint density at radius 1 is 1.25 bits per heavy atom. The smallest absolute Gasteiger partial charge is 0.245 e. The van der Waals surface area contributed by atoms with Crippen molar-refractivity contribution in [3.8, 4) is 0 Å². The molecule has 0 unspecified atom stereocenters. The number of benzene rings is 1. The van der Waals surface area contributed by atoms with Crippen LogP contribution in [0.4, 0.5) is 0 Å². The van der Waals surface area contributed by atoms with Crippen molar-refractivity contribution >= 4 is 11.8 Å². The van der Waals surface area contributed by atoms with Crippen molar-refractivity contribution in [1.29, 1.82) is 0 Å². The Balaban J connectivity index is 1.73. The van der Waals surface area contributed by atoms with Crippen LogP contribution in [0, 0.1) is 0 Å². The number of nitrogens with zero attached hydrogens (tertiary/aromatic N) is 1. The zero-order chi connectivity index (χ0) is 17.3. The zero-order valence-electron chi connectivity index (χ0n) is 14.3. The molecule has 0 saturated carbocycles. The fourth-order valence-electron chi connectivity index (χ4n) is 3.40. The van der Waals surface area contributed by atoms with E-state index in [0.29, 0.717) is 19.5 Å². The van der Waals surface area contributed by atoms with Crippen molar-refractivity contribution in [2.75, 3.05) is 6.54 Å². The van der Waals surface area contributed by atoms with Gasteiger partial charge in [-0.3, -0.25) is 9.59 Å². The topological polar surface area (TPSA) is 67.9 Å². The molecular weight excluding hydrogens is 308 g/mol. The maximum Gasteiger partial charge on any atom is 0.245 e. The maximum atomic E-state index is 12.8. The standard InChI is InChI=1S/C18H24N2O4/c1-4-14(21)20-11-13-16(24-18(2,3)23-13)15(20)17(22)19-10-12-8-6-5-7-9-12/h5-9,13,15-16H,4,10-11H2,1-3H3,(H,19,22)/t13-,15-,16-/m1/s1. The summed E-state index contributed by atoms with van der Waals surface area (Å²) in [5.74, 6) is -0.988. The molecule has 3 atom stereocenters. The Labute approximate surface area is 142 Å². The molecule has 1 aromatic carbocycles. The van der Waals surface area contributed by atoms with Gasteiger partial charge in [0.1, 0.15) is 18.2 Å². The molecule has 24 heavy (non-hydrogen) atoms. The molecule has 3 rings (SSSR count). The third kappa shape index (κ3) is 3.30. The highest BCUT2D eigenvalue weighted by atomic mass is 16.8. The molecule has 2 aliphatic rings. The molecule has 2 saturated heterocycles. The van der Waals surface area contributed by atoms with Crippen molar-refractivity contribution in [2.45, 2.75) is 57.8 Å². The van der Waals surface area contributed by atoms with Crippen molar-refractivity contribution in [2.24, 2.45) is 0 Å². The number of carbonyl (C=O) groups is 2. The first-order chi connectivity index (χ1) is 11.4. The Morgan fingerprint density at radius 3 is 2.62 bits per heavy atom. The number of amides is 2. The van der Waals surface area contributed by atoms with Crippen LogP contribution in [0.3, 0.4) is 0 Å². The van der Waals surface area contributed by atoms with Gasteiger partial charge in [0.05, 0.1) is 6.54 Å². The first-order valence-corrected chi connectivity index (χ1v) is 8.38. The van der Waals surface area contributed by atoms with Gasteiger partial charge < -0.3 is 19.7 Å². The van der Waals surface area contributed by atoms with Crippen LogP contribution in [-0.2, 0) is 25.6 Å². The quantitative estimate of drug-likeness (QED) is 0.906. The van der Waals surface area contributed by atoms with Gasteiger partial charge in [-0.25, -0.2) is 0 Å². The lowest BCUT2D eigenvalue weighted by atomic mass is 10.1. The number of fused-ring (bicyclic) bond motifs is 1. The maximum absolute atomic E-state index is 12.8. The van der Waals surface area contributed by atoms with Crippen molar-refractivity contribution < 1.29 is 19.1 Å². The summed E-state index contributed by atoms with van der Waals surface area (Å²) in [5, 5.41) is 2.92.